The number of aryl methyl sites for hydroxylation is 1. The molecule has 2 aromatic rings. The van der Waals surface area contributed by atoms with Gasteiger partial charge in [-0.1, -0.05) is 0 Å². The molecule has 5 nitrogen and oxygen atoms in total. The van der Waals surface area contributed by atoms with E-state index in [9.17, 15) is 8.42 Å². The van der Waals surface area contributed by atoms with Crippen LogP contribution in [-0.4, -0.2) is 33.4 Å². The van der Waals surface area contributed by atoms with Crippen LogP contribution in [0.1, 0.15) is 16.2 Å². The number of furan rings is 1. The Labute approximate surface area is 129 Å². The van der Waals surface area contributed by atoms with E-state index in [1.54, 1.807) is 25.4 Å². The van der Waals surface area contributed by atoms with Crippen LogP contribution in [0.5, 0.6) is 0 Å². The molecule has 1 N–H and O–H groups in total. The van der Waals surface area contributed by atoms with Crippen molar-refractivity contribution in [3.8, 4) is 0 Å². The highest BCUT2D eigenvalue weighted by molar-refractivity contribution is 7.91. The molecule has 2 heterocycles. The van der Waals surface area contributed by atoms with Crippen molar-refractivity contribution in [3.63, 3.8) is 0 Å². The lowest BCUT2D eigenvalue weighted by molar-refractivity contribution is 0.460. The second-order valence-electron chi connectivity index (χ2n) is 4.84. The minimum Gasteiger partial charge on any atom is -0.469 e. The van der Waals surface area contributed by atoms with Crippen LogP contribution in [-0.2, 0) is 23.0 Å². The molecule has 0 radical (unpaired) electrons. The van der Waals surface area contributed by atoms with Crippen LogP contribution < -0.4 is 5.32 Å². The van der Waals surface area contributed by atoms with Crippen LogP contribution in [0.25, 0.3) is 0 Å². The van der Waals surface area contributed by atoms with Gasteiger partial charge in [-0.3, -0.25) is 0 Å². The zero-order valence-electron chi connectivity index (χ0n) is 12.4. The van der Waals surface area contributed by atoms with Crippen LogP contribution in [0.3, 0.4) is 0 Å². The van der Waals surface area contributed by atoms with Crippen molar-refractivity contribution in [2.24, 2.45) is 0 Å². The fourth-order valence-corrected chi connectivity index (χ4v) is 4.65. The van der Waals surface area contributed by atoms with Gasteiger partial charge in [0.1, 0.15) is 9.97 Å². The molecule has 0 aliphatic carbocycles. The van der Waals surface area contributed by atoms with E-state index in [2.05, 4.69) is 5.32 Å². The zero-order chi connectivity index (χ0) is 15.5. The van der Waals surface area contributed by atoms with Gasteiger partial charge in [0.15, 0.2) is 0 Å². The molecule has 21 heavy (non-hydrogen) atoms. The summed E-state index contributed by atoms with van der Waals surface area (Å²) in [5.74, 6) is 0.748. The zero-order valence-corrected chi connectivity index (χ0v) is 14.1. The van der Waals surface area contributed by atoms with Gasteiger partial charge in [-0.2, -0.15) is 4.31 Å². The SMILES string of the molecule is CNCCc1ccc(S(=O)(=O)N(C)Cc2ccoc2C)s1. The third-order valence-corrected chi connectivity index (χ3v) is 6.70. The minimum absolute atomic E-state index is 0.314. The number of likely N-dealkylation sites (N-methyl/N-ethyl adjacent to an activating group) is 1. The summed E-state index contributed by atoms with van der Waals surface area (Å²) in [6.45, 7) is 2.98. The molecule has 0 saturated heterocycles. The lowest BCUT2D eigenvalue weighted by Crippen LogP contribution is -2.25. The first-order valence-electron chi connectivity index (χ1n) is 6.67. The summed E-state index contributed by atoms with van der Waals surface area (Å²) in [6, 6.07) is 5.36. The van der Waals surface area contributed by atoms with Crippen molar-refractivity contribution in [2.45, 2.75) is 24.1 Å². The first kappa shape index (κ1) is 16.2. The molecule has 0 saturated carbocycles. The van der Waals surface area contributed by atoms with Gasteiger partial charge >= 0.3 is 0 Å². The van der Waals surface area contributed by atoms with Gasteiger partial charge in [0.25, 0.3) is 10.0 Å². The fourth-order valence-electron chi connectivity index (χ4n) is 1.93. The van der Waals surface area contributed by atoms with Gasteiger partial charge in [0.2, 0.25) is 0 Å². The molecular formula is C14H20N2O3S2. The molecule has 0 aromatic carbocycles. The molecule has 116 valence electrons. The van der Waals surface area contributed by atoms with E-state index in [-0.39, 0.29) is 0 Å². The van der Waals surface area contributed by atoms with E-state index < -0.39 is 10.0 Å². The van der Waals surface area contributed by atoms with Gasteiger partial charge in [-0.25, -0.2) is 8.42 Å². The molecule has 0 bridgehead atoms. The predicted molar refractivity (Wildman–Crippen MR) is 84.0 cm³/mol. The summed E-state index contributed by atoms with van der Waals surface area (Å²) in [5, 5.41) is 3.06. The van der Waals surface area contributed by atoms with Gasteiger partial charge in [-0.15, -0.1) is 11.3 Å². The van der Waals surface area contributed by atoms with Crippen molar-refractivity contribution in [2.75, 3.05) is 20.6 Å². The molecule has 0 unspecified atom stereocenters. The number of hydrogen-bond donors (Lipinski definition) is 1. The molecule has 0 fully saturated rings. The molecule has 2 rings (SSSR count). The second kappa shape index (κ2) is 6.74. The smallest absolute Gasteiger partial charge is 0.252 e. The van der Waals surface area contributed by atoms with Crippen LogP contribution in [0.15, 0.2) is 33.1 Å². The maximum absolute atomic E-state index is 12.5. The summed E-state index contributed by atoms with van der Waals surface area (Å²) >= 11 is 1.33. The minimum atomic E-state index is -3.45. The summed E-state index contributed by atoms with van der Waals surface area (Å²) < 4.78 is 32.0. The quantitative estimate of drug-likeness (QED) is 0.846. The van der Waals surface area contributed by atoms with E-state index in [0.717, 1.165) is 29.2 Å². The highest BCUT2D eigenvalue weighted by Gasteiger charge is 2.23. The number of rotatable bonds is 7. The Morgan fingerprint density at radius 1 is 1.33 bits per heavy atom. The van der Waals surface area contributed by atoms with Gasteiger partial charge in [-0.05, 0) is 45.1 Å². The summed E-state index contributed by atoms with van der Waals surface area (Å²) in [5.41, 5.74) is 0.882. The molecule has 0 atom stereocenters. The van der Waals surface area contributed by atoms with Gasteiger partial charge in [0.05, 0.1) is 6.26 Å². The van der Waals surface area contributed by atoms with E-state index >= 15 is 0 Å². The van der Waals surface area contributed by atoms with Gasteiger partial charge in [0, 0.05) is 24.0 Å². The Balaban J connectivity index is 2.13. The third-order valence-electron chi connectivity index (χ3n) is 3.28. The number of nitrogens with zero attached hydrogens (tertiary/aromatic N) is 1. The summed E-state index contributed by atoms with van der Waals surface area (Å²) in [7, 11) is 0.0270. The van der Waals surface area contributed by atoms with Crippen LogP contribution in [0, 0.1) is 6.92 Å². The highest BCUT2D eigenvalue weighted by atomic mass is 32.2. The van der Waals surface area contributed by atoms with Crippen LogP contribution >= 0.6 is 11.3 Å². The fraction of sp³-hybridized carbons (Fsp3) is 0.429. The lowest BCUT2D eigenvalue weighted by Gasteiger charge is -2.15. The molecule has 0 aliphatic rings. The maximum Gasteiger partial charge on any atom is 0.252 e. The first-order chi connectivity index (χ1) is 9.95. The van der Waals surface area contributed by atoms with Crippen LogP contribution in [0.4, 0.5) is 0 Å². The predicted octanol–water partition coefficient (Wildman–Crippen LogP) is 2.23. The summed E-state index contributed by atoms with van der Waals surface area (Å²) in [4.78, 5) is 1.07. The first-order valence-corrected chi connectivity index (χ1v) is 8.93. The summed E-state index contributed by atoms with van der Waals surface area (Å²) in [6.07, 6.45) is 2.41. The number of thiophene rings is 1. The number of nitrogens with one attached hydrogen (secondary N) is 1. The average molecular weight is 328 g/mol. The molecule has 7 heteroatoms. The standard InChI is InChI=1S/C14H20N2O3S2/c1-11-12(7-9-19-11)10-16(3)21(17,18)14-5-4-13(20-14)6-8-15-2/h4-5,7,9,15H,6,8,10H2,1-3H3. The second-order valence-corrected chi connectivity index (χ2v) is 8.28. The van der Waals surface area contributed by atoms with E-state index in [1.165, 1.54) is 15.6 Å². The average Bonchev–Trinajstić information content (AvgIpc) is 3.06. The van der Waals surface area contributed by atoms with Crippen molar-refractivity contribution >= 4 is 21.4 Å². The van der Waals surface area contributed by atoms with Crippen molar-refractivity contribution in [1.82, 2.24) is 9.62 Å². The molecule has 2 aromatic heterocycles. The number of sulfonamides is 1. The van der Waals surface area contributed by atoms with E-state index in [1.807, 2.05) is 20.0 Å². The largest absolute Gasteiger partial charge is 0.469 e. The van der Waals surface area contributed by atoms with E-state index in [4.69, 9.17) is 4.42 Å². The van der Waals surface area contributed by atoms with Gasteiger partial charge < -0.3 is 9.73 Å². The molecule has 0 amide bonds. The Morgan fingerprint density at radius 3 is 2.71 bits per heavy atom. The Kier molecular flexibility index (Phi) is 5.21. The third kappa shape index (κ3) is 3.74. The lowest BCUT2D eigenvalue weighted by atomic mass is 10.3. The van der Waals surface area contributed by atoms with Crippen molar-refractivity contribution in [3.05, 3.63) is 40.7 Å². The highest BCUT2D eigenvalue weighted by Crippen LogP contribution is 2.26. The molecular weight excluding hydrogens is 308 g/mol. The molecule has 0 spiro atoms. The van der Waals surface area contributed by atoms with Crippen LogP contribution in [0.2, 0.25) is 0 Å². The van der Waals surface area contributed by atoms with E-state index in [0.29, 0.717) is 10.8 Å². The maximum atomic E-state index is 12.5. The monoisotopic (exact) mass is 328 g/mol. The van der Waals surface area contributed by atoms with Crippen molar-refractivity contribution < 1.29 is 12.8 Å². The number of hydrogen-bond acceptors (Lipinski definition) is 5. The Morgan fingerprint density at radius 2 is 2.10 bits per heavy atom. The molecule has 0 aliphatic heterocycles. The topological polar surface area (TPSA) is 62.6 Å². The Hall–Kier alpha value is -1.15. The van der Waals surface area contributed by atoms with Crippen molar-refractivity contribution in [1.29, 1.82) is 0 Å². The normalized spacial score (nSPS) is 12.2. The Bertz CT molecular complexity index is 689.